The van der Waals surface area contributed by atoms with Crippen LogP contribution in [0.4, 0.5) is 0 Å². The third-order valence-electron chi connectivity index (χ3n) is 4.54. The van der Waals surface area contributed by atoms with Gasteiger partial charge < -0.3 is 9.64 Å². The van der Waals surface area contributed by atoms with Gasteiger partial charge in [-0.05, 0) is 59.7 Å². The van der Waals surface area contributed by atoms with Crippen LogP contribution in [0.1, 0.15) is 28.9 Å². The number of hydrogen-bond donors (Lipinski definition) is 0. The summed E-state index contributed by atoms with van der Waals surface area (Å²) < 4.78 is 7.28. The van der Waals surface area contributed by atoms with Crippen LogP contribution in [0.25, 0.3) is 5.69 Å². The molecular formula is C19H20N6O2. The van der Waals surface area contributed by atoms with Crippen molar-refractivity contribution in [3.63, 3.8) is 0 Å². The maximum absolute atomic E-state index is 13.1. The van der Waals surface area contributed by atoms with Crippen LogP contribution in [-0.4, -0.2) is 55.3 Å². The van der Waals surface area contributed by atoms with E-state index in [1.807, 2.05) is 35.2 Å². The number of aromatic nitrogens is 5. The van der Waals surface area contributed by atoms with Crippen molar-refractivity contribution in [2.24, 2.45) is 0 Å². The number of ether oxygens (including phenoxy) is 1. The Morgan fingerprint density at radius 2 is 2.11 bits per heavy atom. The predicted molar refractivity (Wildman–Crippen MR) is 97.1 cm³/mol. The summed E-state index contributed by atoms with van der Waals surface area (Å²) in [4.78, 5) is 19.3. The van der Waals surface area contributed by atoms with Gasteiger partial charge in [0.05, 0.1) is 24.0 Å². The molecule has 1 amide bonds. The molecule has 1 aliphatic heterocycles. The average Bonchev–Trinajstić information content (AvgIpc) is 3.42. The molecule has 138 valence electrons. The monoisotopic (exact) mass is 364 g/mol. The average molecular weight is 364 g/mol. The summed E-state index contributed by atoms with van der Waals surface area (Å²) in [5, 5.41) is 11.1. The van der Waals surface area contributed by atoms with Gasteiger partial charge in [0, 0.05) is 24.9 Å². The maximum atomic E-state index is 13.1. The van der Waals surface area contributed by atoms with E-state index in [2.05, 4.69) is 20.5 Å². The number of benzene rings is 1. The largest absolute Gasteiger partial charge is 0.376 e. The van der Waals surface area contributed by atoms with E-state index in [-0.39, 0.29) is 12.0 Å². The molecule has 1 atom stereocenters. The van der Waals surface area contributed by atoms with Gasteiger partial charge in [-0.1, -0.05) is 6.07 Å². The van der Waals surface area contributed by atoms with Crippen molar-refractivity contribution in [2.45, 2.75) is 25.5 Å². The summed E-state index contributed by atoms with van der Waals surface area (Å²) >= 11 is 0. The fraction of sp³-hybridized carbons (Fsp3) is 0.316. The lowest BCUT2D eigenvalue weighted by Crippen LogP contribution is -2.37. The second-order valence-electron chi connectivity index (χ2n) is 6.44. The molecule has 2 aromatic heterocycles. The summed E-state index contributed by atoms with van der Waals surface area (Å²) in [6, 6.07) is 13.0. The molecular weight excluding hydrogens is 344 g/mol. The molecule has 1 saturated heterocycles. The minimum absolute atomic E-state index is 0.0422. The smallest absolute Gasteiger partial charge is 0.254 e. The molecule has 1 unspecified atom stereocenters. The molecule has 8 nitrogen and oxygen atoms in total. The van der Waals surface area contributed by atoms with Crippen LogP contribution in [0, 0.1) is 0 Å². The van der Waals surface area contributed by atoms with Crippen LogP contribution in [-0.2, 0) is 11.3 Å². The topological polar surface area (TPSA) is 86.0 Å². The second kappa shape index (κ2) is 8.05. The quantitative estimate of drug-likeness (QED) is 0.664. The van der Waals surface area contributed by atoms with Crippen LogP contribution in [0.5, 0.6) is 0 Å². The maximum Gasteiger partial charge on any atom is 0.254 e. The molecule has 0 saturated carbocycles. The minimum atomic E-state index is -0.0422. The number of carbonyl (C=O) groups is 1. The number of amides is 1. The molecule has 0 bridgehead atoms. The van der Waals surface area contributed by atoms with E-state index in [1.54, 1.807) is 23.0 Å². The Morgan fingerprint density at radius 1 is 1.22 bits per heavy atom. The van der Waals surface area contributed by atoms with E-state index in [1.165, 1.54) is 6.33 Å². The van der Waals surface area contributed by atoms with Crippen molar-refractivity contribution in [2.75, 3.05) is 13.2 Å². The lowest BCUT2D eigenvalue weighted by atomic mass is 10.1. The van der Waals surface area contributed by atoms with Gasteiger partial charge >= 0.3 is 0 Å². The van der Waals surface area contributed by atoms with E-state index >= 15 is 0 Å². The molecule has 8 heteroatoms. The summed E-state index contributed by atoms with van der Waals surface area (Å²) in [5.41, 5.74) is 2.27. The summed E-state index contributed by atoms with van der Waals surface area (Å²) in [6.07, 6.45) is 5.35. The number of hydrogen-bond acceptors (Lipinski definition) is 6. The summed E-state index contributed by atoms with van der Waals surface area (Å²) in [7, 11) is 0. The predicted octanol–water partition coefficient (Wildman–Crippen LogP) is 1.88. The lowest BCUT2D eigenvalue weighted by Gasteiger charge is -2.25. The third-order valence-corrected chi connectivity index (χ3v) is 4.54. The highest BCUT2D eigenvalue weighted by atomic mass is 16.5. The Morgan fingerprint density at radius 3 is 2.78 bits per heavy atom. The zero-order chi connectivity index (χ0) is 18.5. The van der Waals surface area contributed by atoms with Crippen molar-refractivity contribution in [1.82, 2.24) is 30.1 Å². The molecule has 3 aromatic rings. The zero-order valence-electron chi connectivity index (χ0n) is 14.8. The third kappa shape index (κ3) is 4.17. The SMILES string of the molecule is O=C(c1ccc(-n2cnnn2)cc1)N(Cc1ccccn1)CC1CCCO1. The molecule has 0 N–H and O–H groups in total. The molecule has 0 spiro atoms. The number of tetrazole rings is 1. The summed E-state index contributed by atoms with van der Waals surface area (Å²) in [5.74, 6) is -0.0422. The molecule has 27 heavy (non-hydrogen) atoms. The van der Waals surface area contributed by atoms with E-state index in [0.29, 0.717) is 18.7 Å². The Bertz CT molecular complexity index is 861. The highest BCUT2D eigenvalue weighted by Gasteiger charge is 2.24. The first-order valence-corrected chi connectivity index (χ1v) is 8.94. The van der Waals surface area contributed by atoms with Gasteiger partial charge in [-0.25, -0.2) is 4.68 Å². The van der Waals surface area contributed by atoms with E-state index < -0.39 is 0 Å². The first kappa shape index (κ1) is 17.3. The van der Waals surface area contributed by atoms with Gasteiger partial charge in [0.2, 0.25) is 0 Å². The molecule has 3 heterocycles. The number of rotatable bonds is 6. The van der Waals surface area contributed by atoms with Crippen LogP contribution >= 0.6 is 0 Å². The van der Waals surface area contributed by atoms with Crippen LogP contribution in [0.2, 0.25) is 0 Å². The Labute approximate surface area is 156 Å². The van der Waals surface area contributed by atoms with E-state index in [4.69, 9.17) is 4.74 Å². The van der Waals surface area contributed by atoms with Crippen molar-refractivity contribution >= 4 is 5.91 Å². The van der Waals surface area contributed by atoms with Crippen molar-refractivity contribution in [3.05, 3.63) is 66.2 Å². The molecule has 1 fully saturated rings. The number of carbonyl (C=O) groups excluding carboxylic acids is 1. The molecule has 0 aliphatic carbocycles. The van der Waals surface area contributed by atoms with Crippen LogP contribution in [0.15, 0.2) is 55.0 Å². The van der Waals surface area contributed by atoms with Gasteiger partial charge in [-0.15, -0.1) is 5.10 Å². The highest BCUT2D eigenvalue weighted by Crippen LogP contribution is 2.17. The van der Waals surface area contributed by atoms with Gasteiger partial charge in [-0.3, -0.25) is 9.78 Å². The standard InChI is InChI=1S/C19H20N6O2/c26-19(15-6-8-17(9-7-15)25-14-21-22-23-25)24(13-18-5-3-11-27-18)12-16-4-1-2-10-20-16/h1-2,4,6-10,14,18H,3,5,11-13H2. The van der Waals surface area contributed by atoms with Gasteiger partial charge in [0.1, 0.15) is 6.33 Å². The Kier molecular flexibility index (Phi) is 5.15. The summed E-state index contributed by atoms with van der Waals surface area (Å²) in [6.45, 7) is 1.77. The van der Waals surface area contributed by atoms with Crippen LogP contribution < -0.4 is 0 Å². The molecule has 0 radical (unpaired) electrons. The zero-order valence-corrected chi connectivity index (χ0v) is 14.8. The van der Waals surface area contributed by atoms with Crippen molar-refractivity contribution in [3.8, 4) is 5.69 Å². The highest BCUT2D eigenvalue weighted by molar-refractivity contribution is 5.94. The molecule has 4 rings (SSSR count). The molecule has 1 aliphatic rings. The van der Waals surface area contributed by atoms with Gasteiger partial charge in [0.15, 0.2) is 0 Å². The Hall–Kier alpha value is -3.13. The fourth-order valence-corrected chi connectivity index (χ4v) is 3.16. The number of pyridine rings is 1. The Balaban J connectivity index is 1.53. The first-order chi connectivity index (χ1) is 13.3. The van der Waals surface area contributed by atoms with E-state index in [9.17, 15) is 4.79 Å². The second-order valence-corrected chi connectivity index (χ2v) is 6.44. The fourth-order valence-electron chi connectivity index (χ4n) is 3.16. The number of nitrogens with zero attached hydrogens (tertiary/aromatic N) is 6. The van der Waals surface area contributed by atoms with Crippen molar-refractivity contribution < 1.29 is 9.53 Å². The normalized spacial score (nSPS) is 16.4. The van der Waals surface area contributed by atoms with Crippen LogP contribution in [0.3, 0.4) is 0 Å². The van der Waals surface area contributed by atoms with Gasteiger partial charge in [0.25, 0.3) is 5.91 Å². The first-order valence-electron chi connectivity index (χ1n) is 8.94. The van der Waals surface area contributed by atoms with Crippen molar-refractivity contribution in [1.29, 1.82) is 0 Å². The van der Waals surface area contributed by atoms with E-state index in [0.717, 1.165) is 30.8 Å². The lowest BCUT2D eigenvalue weighted by molar-refractivity contribution is 0.0504. The van der Waals surface area contributed by atoms with Gasteiger partial charge in [-0.2, -0.15) is 0 Å². The minimum Gasteiger partial charge on any atom is -0.376 e. The molecule has 1 aromatic carbocycles.